The minimum Gasteiger partial charge on any atom is -0.508 e. The van der Waals surface area contributed by atoms with Gasteiger partial charge in [0, 0.05) is 19.1 Å². The van der Waals surface area contributed by atoms with E-state index >= 15 is 0 Å². The third kappa shape index (κ3) is 1.91. The van der Waals surface area contributed by atoms with E-state index in [4.69, 9.17) is 4.52 Å². The number of fused-ring (bicyclic) bond motifs is 5. The van der Waals surface area contributed by atoms with Crippen molar-refractivity contribution in [3.05, 3.63) is 29.3 Å². The lowest BCUT2D eigenvalue weighted by molar-refractivity contribution is 0.157. The SMILES string of the molecule is O=P12OCC(CO)N1CCC1c3ccc(O)cc3CCN12. The van der Waals surface area contributed by atoms with Gasteiger partial charge in [0.05, 0.1) is 19.3 Å². The summed E-state index contributed by atoms with van der Waals surface area (Å²) in [7, 11) is -3.00. The lowest BCUT2D eigenvalue weighted by atomic mass is 9.92. The van der Waals surface area contributed by atoms with Gasteiger partial charge in [-0.3, -0.25) is 4.57 Å². The van der Waals surface area contributed by atoms with E-state index in [0.717, 1.165) is 24.0 Å². The summed E-state index contributed by atoms with van der Waals surface area (Å²) in [5.74, 6) is 0.281. The molecular formula is C14H19N2O4P. The van der Waals surface area contributed by atoms with E-state index in [1.54, 1.807) is 12.1 Å². The lowest BCUT2D eigenvalue weighted by Gasteiger charge is -2.46. The molecule has 0 aromatic heterocycles. The fraction of sp³-hybridized carbons (Fsp3) is 0.571. The molecule has 1 aromatic rings. The number of nitrogens with zero attached hydrogens (tertiary/aromatic N) is 2. The van der Waals surface area contributed by atoms with Crippen molar-refractivity contribution in [2.75, 3.05) is 26.3 Å². The number of aliphatic hydroxyl groups is 1. The van der Waals surface area contributed by atoms with Crippen LogP contribution >= 0.6 is 7.67 Å². The summed E-state index contributed by atoms with van der Waals surface area (Å²) in [5.41, 5.74) is 2.28. The highest BCUT2D eigenvalue weighted by atomic mass is 31.2. The Morgan fingerprint density at radius 1 is 1.33 bits per heavy atom. The van der Waals surface area contributed by atoms with Crippen LogP contribution in [0.5, 0.6) is 5.75 Å². The molecule has 3 aliphatic rings. The quantitative estimate of drug-likeness (QED) is 0.766. The first-order valence-electron chi connectivity index (χ1n) is 7.35. The zero-order chi connectivity index (χ0) is 14.6. The van der Waals surface area contributed by atoms with Gasteiger partial charge in [0.1, 0.15) is 5.75 Å². The zero-order valence-electron chi connectivity index (χ0n) is 11.7. The molecule has 3 unspecified atom stereocenters. The second kappa shape index (κ2) is 4.80. The van der Waals surface area contributed by atoms with Crippen LogP contribution in [0.1, 0.15) is 23.6 Å². The minimum absolute atomic E-state index is 0.0209. The summed E-state index contributed by atoms with van der Waals surface area (Å²) in [6.45, 7) is 1.64. The van der Waals surface area contributed by atoms with Crippen LogP contribution in [-0.2, 0) is 15.5 Å². The van der Waals surface area contributed by atoms with Gasteiger partial charge >= 0.3 is 7.67 Å². The molecule has 1 aromatic carbocycles. The molecule has 0 bridgehead atoms. The summed E-state index contributed by atoms with van der Waals surface area (Å²) in [6.07, 6.45) is 1.62. The standard InChI is InChI=1S/C14H19N2O4P/c17-8-11-9-20-21(19)15(11)6-4-14-13-2-1-12(18)7-10(13)3-5-16(14)21/h1-2,7,11,14,17-18H,3-6,8-9H2. The monoisotopic (exact) mass is 310 g/mol. The average Bonchev–Trinajstić information content (AvgIpc) is 2.83. The number of aromatic hydroxyl groups is 1. The van der Waals surface area contributed by atoms with Gasteiger partial charge in [0.25, 0.3) is 0 Å². The third-order valence-corrected chi connectivity index (χ3v) is 7.59. The van der Waals surface area contributed by atoms with Crippen LogP contribution in [0.4, 0.5) is 0 Å². The van der Waals surface area contributed by atoms with Crippen molar-refractivity contribution in [3.8, 4) is 5.75 Å². The maximum absolute atomic E-state index is 13.3. The Morgan fingerprint density at radius 2 is 2.19 bits per heavy atom. The van der Waals surface area contributed by atoms with Crippen molar-refractivity contribution in [2.45, 2.75) is 24.9 Å². The van der Waals surface area contributed by atoms with E-state index in [-0.39, 0.29) is 24.4 Å². The maximum Gasteiger partial charge on any atom is 0.347 e. The number of hydrogen-bond donors (Lipinski definition) is 2. The van der Waals surface area contributed by atoms with E-state index in [1.165, 1.54) is 0 Å². The van der Waals surface area contributed by atoms with Gasteiger partial charge in [-0.1, -0.05) is 6.07 Å². The van der Waals surface area contributed by atoms with Gasteiger partial charge < -0.3 is 14.7 Å². The average molecular weight is 310 g/mol. The van der Waals surface area contributed by atoms with Crippen LogP contribution in [0, 0.1) is 0 Å². The molecule has 2 saturated heterocycles. The van der Waals surface area contributed by atoms with E-state index in [9.17, 15) is 14.8 Å². The van der Waals surface area contributed by atoms with Crippen molar-refractivity contribution in [3.63, 3.8) is 0 Å². The predicted molar refractivity (Wildman–Crippen MR) is 77.0 cm³/mol. The third-order valence-electron chi connectivity index (χ3n) is 4.80. The highest BCUT2D eigenvalue weighted by molar-refractivity contribution is 7.54. The minimum atomic E-state index is -3.00. The smallest absolute Gasteiger partial charge is 0.347 e. The fourth-order valence-electron chi connectivity index (χ4n) is 3.77. The Labute approximate surface area is 123 Å². The molecule has 7 heteroatoms. The molecule has 3 heterocycles. The van der Waals surface area contributed by atoms with Gasteiger partial charge in [-0.05, 0) is 36.1 Å². The van der Waals surface area contributed by atoms with E-state index in [2.05, 4.69) is 0 Å². The predicted octanol–water partition coefficient (Wildman–Crippen LogP) is 1.50. The van der Waals surface area contributed by atoms with E-state index in [0.29, 0.717) is 19.7 Å². The Morgan fingerprint density at radius 3 is 3.00 bits per heavy atom. The molecule has 6 nitrogen and oxygen atoms in total. The molecule has 3 atom stereocenters. The normalized spacial score (nSPS) is 36.0. The van der Waals surface area contributed by atoms with Gasteiger partial charge in [0.2, 0.25) is 0 Å². The molecule has 0 saturated carbocycles. The second-order valence-corrected chi connectivity index (χ2v) is 8.15. The molecule has 0 spiro atoms. The molecular weight excluding hydrogens is 291 g/mol. The Hall–Kier alpha value is -0.910. The largest absolute Gasteiger partial charge is 0.508 e. The summed E-state index contributed by atoms with van der Waals surface area (Å²) >= 11 is 0. The van der Waals surface area contributed by atoms with Crippen molar-refractivity contribution in [1.82, 2.24) is 9.34 Å². The van der Waals surface area contributed by atoms with E-state index < -0.39 is 7.67 Å². The van der Waals surface area contributed by atoms with Gasteiger partial charge in [0.15, 0.2) is 0 Å². The molecule has 21 heavy (non-hydrogen) atoms. The highest BCUT2D eigenvalue weighted by Crippen LogP contribution is 2.66. The summed E-state index contributed by atoms with van der Waals surface area (Å²) in [5, 5.41) is 19.0. The maximum atomic E-state index is 13.3. The molecule has 2 fully saturated rings. The van der Waals surface area contributed by atoms with Crippen LogP contribution < -0.4 is 0 Å². The Balaban J connectivity index is 1.72. The van der Waals surface area contributed by atoms with Gasteiger partial charge in [-0.2, -0.15) is 0 Å². The number of aliphatic hydroxyl groups excluding tert-OH is 1. The molecule has 114 valence electrons. The zero-order valence-corrected chi connectivity index (χ0v) is 12.6. The first kappa shape index (κ1) is 13.7. The first-order chi connectivity index (χ1) is 10.1. The van der Waals surface area contributed by atoms with Crippen molar-refractivity contribution < 1.29 is 19.3 Å². The van der Waals surface area contributed by atoms with Crippen LogP contribution in [0.3, 0.4) is 0 Å². The van der Waals surface area contributed by atoms with Crippen molar-refractivity contribution >= 4 is 7.67 Å². The van der Waals surface area contributed by atoms with Crippen LogP contribution in [0.25, 0.3) is 0 Å². The summed E-state index contributed by atoms with van der Waals surface area (Å²) < 4.78 is 22.8. The Bertz CT molecular complexity index is 623. The molecule has 4 rings (SSSR count). The highest BCUT2D eigenvalue weighted by Gasteiger charge is 2.54. The van der Waals surface area contributed by atoms with E-state index in [1.807, 2.05) is 15.4 Å². The van der Waals surface area contributed by atoms with Gasteiger partial charge in [-0.15, -0.1) is 0 Å². The first-order valence-corrected chi connectivity index (χ1v) is 8.88. The molecule has 3 aliphatic heterocycles. The fourth-order valence-corrected chi connectivity index (χ4v) is 6.60. The lowest BCUT2D eigenvalue weighted by Crippen LogP contribution is -2.45. The molecule has 2 N–H and O–H groups in total. The van der Waals surface area contributed by atoms with Crippen molar-refractivity contribution in [2.24, 2.45) is 0 Å². The van der Waals surface area contributed by atoms with Crippen LogP contribution in [0.15, 0.2) is 18.2 Å². The second-order valence-electron chi connectivity index (χ2n) is 5.89. The molecule has 0 radical (unpaired) electrons. The van der Waals surface area contributed by atoms with Gasteiger partial charge in [-0.25, -0.2) is 9.34 Å². The number of hydrogen-bond acceptors (Lipinski definition) is 4. The number of phenolic OH excluding ortho intramolecular Hbond substituents is 1. The topological polar surface area (TPSA) is 73.2 Å². The molecule has 0 amide bonds. The number of benzene rings is 1. The van der Waals surface area contributed by atoms with Crippen LogP contribution in [0.2, 0.25) is 0 Å². The Kier molecular flexibility index (Phi) is 3.14. The summed E-state index contributed by atoms with van der Waals surface area (Å²) in [6, 6.07) is 5.35. The number of rotatable bonds is 1. The summed E-state index contributed by atoms with van der Waals surface area (Å²) in [4.78, 5) is 0. The van der Waals surface area contributed by atoms with Crippen molar-refractivity contribution in [1.29, 1.82) is 0 Å². The number of phenols is 1. The van der Waals surface area contributed by atoms with Crippen LogP contribution in [-0.4, -0.2) is 51.9 Å². The molecule has 0 aliphatic carbocycles.